The summed E-state index contributed by atoms with van der Waals surface area (Å²) in [6.45, 7) is 1.73. The Morgan fingerprint density at radius 1 is 1.00 bits per heavy atom. The standard InChI is InChI=1S/C29H24N10O2/c1-18(33-28(40)25-26(30)35-23-12-7-15-31-38(23)25)27-34-22-11-6-8-20(14-13-19-16-32-37(2)17-19)24(22)29(41)39(27)36-21-9-4-3-5-10-21/h3-12,15-18,36H,30H2,1-2H3,(H,33,40)/t18-/m0/s1. The molecule has 41 heavy (non-hydrogen) atoms. The van der Waals surface area contributed by atoms with Gasteiger partial charge >= 0.3 is 0 Å². The van der Waals surface area contributed by atoms with Gasteiger partial charge in [0.1, 0.15) is 0 Å². The van der Waals surface area contributed by atoms with Gasteiger partial charge in [-0.25, -0.2) is 19.2 Å². The molecule has 1 atom stereocenters. The third-order valence-electron chi connectivity index (χ3n) is 6.35. The summed E-state index contributed by atoms with van der Waals surface area (Å²) >= 11 is 0. The summed E-state index contributed by atoms with van der Waals surface area (Å²) in [5, 5.41) is 11.6. The minimum absolute atomic E-state index is 0.0384. The van der Waals surface area contributed by atoms with Crippen molar-refractivity contribution in [1.29, 1.82) is 0 Å². The number of carbonyl (C=O) groups excluding carboxylic acids is 1. The molecular weight excluding hydrogens is 520 g/mol. The maximum atomic E-state index is 14.1. The van der Waals surface area contributed by atoms with Crippen LogP contribution in [0.1, 0.15) is 40.4 Å². The number of nitrogen functional groups attached to an aromatic ring is 1. The first-order chi connectivity index (χ1) is 19.9. The maximum Gasteiger partial charge on any atom is 0.281 e. The largest absolute Gasteiger partial charge is 0.382 e. The maximum absolute atomic E-state index is 14.1. The van der Waals surface area contributed by atoms with Crippen molar-refractivity contribution in [3.63, 3.8) is 0 Å². The predicted octanol–water partition coefficient (Wildman–Crippen LogP) is 2.52. The highest BCUT2D eigenvalue weighted by Crippen LogP contribution is 2.20. The highest BCUT2D eigenvalue weighted by molar-refractivity contribution is 5.98. The molecule has 0 bridgehead atoms. The fourth-order valence-corrected chi connectivity index (χ4v) is 4.46. The normalized spacial score (nSPS) is 11.7. The third-order valence-corrected chi connectivity index (χ3v) is 6.35. The Hall–Kier alpha value is -5.96. The van der Waals surface area contributed by atoms with E-state index < -0.39 is 11.9 Å². The Bertz CT molecular complexity index is 2050. The molecule has 6 rings (SSSR count). The third kappa shape index (κ3) is 4.83. The van der Waals surface area contributed by atoms with E-state index in [9.17, 15) is 9.59 Å². The number of imidazole rings is 1. The summed E-state index contributed by atoms with van der Waals surface area (Å²) in [5.74, 6) is 5.94. The van der Waals surface area contributed by atoms with Crippen LogP contribution in [0.15, 0.2) is 84.0 Å². The molecule has 0 saturated carbocycles. The van der Waals surface area contributed by atoms with Gasteiger partial charge in [-0.3, -0.25) is 19.7 Å². The summed E-state index contributed by atoms with van der Waals surface area (Å²) in [6, 6.07) is 17.2. The van der Waals surface area contributed by atoms with Crippen molar-refractivity contribution < 1.29 is 4.79 Å². The van der Waals surface area contributed by atoms with E-state index in [4.69, 9.17) is 10.7 Å². The van der Waals surface area contributed by atoms with Crippen LogP contribution in [-0.2, 0) is 7.05 Å². The average molecular weight is 545 g/mol. The lowest BCUT2D eigenvalue weighted by Gasteiger charge is -2.20. The number of fused-ring (bicyclic) bond motifs is 2. The van der Waals surface area contributed by atoms with E-state index in [1.807, 2.05) is 37.4 Å². The number of hydrogen-bond acceptors (Lipinski definition) is 8. The Labute approximate surface area is 233 Å². The van der Waals surface area contributed by atoms with E-state index in [0.717, 1.165) is 0 Å². The first-order valence-electron chi connectivity index (χ1n) is 12.7. The summed E-state index contributed by atoms with van der Waals surface area (Å²) in [4.78, 5) is 36.4. The van der Waals surface area contributed by atoms with Gasteiger partial charge in [0.25, 0.3) is 11.5 Å². The van der Waals surface area contributed by atoms with Crippen molar-refractivity contribution in [2.45, 2.75) is 13.0 Å². The molecule has 0 spiro atoms. The van der Waals surface area contributed by atoms with Gasteiger partial charge in [0.15, 0.2) is 23.0 Å². The molecule has 2 aromatic carbocycles. The smallest absolute Gasteiger partial charge is 0.281 e. The van der Waals surface area contributed by atoms with Crippen LogP contribution in [0.2, 0.25) is 0 Å². The number of nitrogens with zero attached hydrogens (tertiary/aromatic N) is 7. The first kappa shape index (κ1) is 25.3. The zero-order chi connectivity index (χ0) is 28.5. The fourth-order valence-electron chi connectivity index (χ4n) is 4.46. The van der Waals surface area contributed by atoms with Gasteiger partial charge in [-0.1, -0.05) is 36.1 Å². The SMILES string of the molecule is C[C@H](NC(=O)c1c(N)nc2cccnn12)c1nc2cccc(C#Cc3cnn(C)c3)c2c(=O)n1Nc1ccccc1. The number of nitrogens with one attached hydrogen (secondary N) is 2. The number of carbonyl (C=O) groups is 1. The van der Waals surface area contributed by atoms with Crippen LogP contribution in [0.3, 0.4) is 0 Å². The van der Waals surface area contributed by atoms with Crippen molar-refractivity contribution in [3.8, 4) is 11.8 Å². The summed E-state index contributed by atoms with van der Waals surface area (Å²) in [7, 11) is 1.81. The number of nitrogens with two attached hydrogens (primary N) is 1. The van der Waals surface area contributed by atoms with Gasteiger partial charge < -0.3 is 11.1 Å². The van der Waals surface area contributed by atoms with E-state index >= 15 is 0 Å². The van der Waals surface area contributed by atoms with Crippen LogP contribution >= 0.6 is 0 Å². The van der Waals surface area contributed by atoms with E-state index in [-0.39, 0.29) is 22.9 Å². The molecule has 0 radical (unpaired) electrons. The highest BCUT2D eigenvalue weighted by atomic mass is 16.2. The molecule has 202 valence electrons. The fraction of sp³-hybridized carbons (Fsp3) is 0.103. The molecule has 1 amide bonds. The zero-order valence-electron chi connectivity index (χ0n) is 22.1. The number of hydrogen-bond donors (Lipinski definition) is 3. The first-order valence-corrected chi connectivity index (χ1v) is 12.7. The minimum atomic E-state index is -0.727. The van der Waals surface area contributed by atoms with E-state index in [1.54, 1.807) is 54.3 Å². The predicted molar refractivity (Wildman–Crippen MR) is 154 cm³/mol. The second-order valence-corrected chi connectivity index (χ2v) is 9.28. The van der Waals surface area contributed by atoms with Gasteiger partial charge in [0, 0.05) is 25.0 Å². The van der Waals surface area contributed by atoms with Gasteiger partial charge in [-0.05, 0) is 43.3 Å². The lowest BCUT2D eigenvalue weighted by molar-refractivity contribution is 0.0931. The topological polar surface area (TPSA) is 150 Å². The van der Waals surface area contributed by atoms with Gasteiger partial charge in [0.2, 0.25) is 0 Å². The van der Waals surface area contributed by atoms with Crippen molar-refractivity contribution >= 4 is 34.0 Å². The van der Waals surface area contributed by atoms with E-state index in [0.29, 0.717) is 33.4 Å². The molecule has 4 N–H and O–H groups in total. The molecule has 4 aromatic heterocycles. The Balaban J connectivity index is 1.45. The van der Waals surface area contributed by atoms with Crippen molar-refractivity contribution in [2.75, 3.05) is 11.2 Å². The summed E-state index contributed by atoms with van der Waals surface area (Å²) in [6.07, 6.45) is 4.98. The number of anilines is 2. The molecule has 0 saturated heterocycles. The van der Waals surface area contributed by atoms with Crippen molar-refractivity contribution in [3.05, 3.63) is 112 Å². The van der Waals surface area contributed by atoms with E-state index in [1.165, 1.54) is 15.4 Å². The van der Waals surface area contributed by atoms with E-state index in [2.05, 4.69) is 37.8 Å². The van der Waals surface area contributed by atoms with Crippen molar-refractivity contribution in [2.24, 2.45) is 7.05 Å². The molecule has 0 aliphatic heterocycles. The Morgan fingerprint density at radius 3 is 2.61 bits per heavy atom. The molecule has 12 nitrogen and oxygen atoms in total. The molecule has 0 aliphatic carbocycles. The number of rotatable bonds is 5. The summed E-state index contributed by atoms with van der Waals surface area (Å²) < 4.78 is 4.35. The number of para-hydroxylation sites is 1. The number of aryl methyl sites for hydroxylation is 1. The second kappa shape index (κ2) is 10.3. The molecule has 0 aliphatic rings. The monoisotopic (exact) mass is 544 g/mol. The molecule has 12 heteroatoms. The van der Waals surface area contributed by atoms with Gasteiger partial charge in [0.05, 0.1) is 34.4 Å². The van der Waals surface area contributed by atoms with Crippen LogP contribution in [0.5, 0.6) is 0 Å². The quantitative estimate of drug-likeness (QED) is 0.280. The number of amides is 1. The average Bonchev–Trinajstić information content (AvgIpc) is 3.55. The minimum Gasteiger partial charge on any atom is -0.382 e. The highest BCUT2D eigenvalue weighted by Gasteiger charge is 2.24. The lowest BCUT2D eigenvalue weighted by Crippen LogP contribution is -2.37. The Morgan fingerprint density at radius 2 is 1.83 bits per heavy atom. The molecule has 0 fully saturated rings. The van der Waals surface area contributed by atoms with Crippen LogP contribution in [0, 0.1) is 11.8 Å². The lowest BCUT2D eigenvalue weighted by atomic mass is 10.1. The number of aromatic nitrogens is 7. The molecule has 6 aromatic rings. The molecule has 4 heterocycles. The van der Waals surface area contributed by atoms with Crippen LogP contribution in [0.25, 0.3) is 16.6 Å². The van der Waals surface area contributed by atoms with Crippen LogP contribution in [0.4, 0.5) is 11.5 Å². The van der Waals surface area contributed by atoms with Crippen LogP contribution in [-0.4, -0.2) is 39.9 Å². The molecule has 0 unspecified atom stereocenters. The van der Waals surface area contributed by atoms with Gasteiger partial charge in [-0.15, -0.1) is 0 Å². The van der Waals surface area contributed by atoms with Gasteiger partial charge in [-0.2, -0.15) is 10.2 Å². The summed E-state index contributed by atoms with van der Waals surface area (Å²) in [5.41, 5.74) is 11.7. The van der Waals surface area contributed by atoms with Crippen LogP contribution < -0.4 is 22.0 Å². The Kier molecular flexibility index (Phi) is 6.37. The zero-order valence-corrected chi connectivity index (χ0v) is 22.1. The van der Waals surface area contributed by atoms with Crippen molar-refractivity contribution in [1.82, 2.24) is 39.4 Å². The molecular formula is C29H24N10O2. The second-order valence-electron chi connectivity index (χ2n) is 9.28. The number of benzene rings is 2.